The minimum atomic E-state index is -0.892. The van der Waals surface area contributed by atoms with Crippen molar-refractivity contribution in [1.82, 2.24) is 15.1 Å². The summed E-state index contributed by atoms with van der Waals surface area (Å²) in [6.07, 6.45) is 0.478. The van der Waals surface area contributed by atoms with E-state index in [0.29, 0.717) is 13.0 Å². The molecule has 2 unspecified atom stereocenters. The molecule has 1 spiro atoms. The summed E-state index contributed by atoms with van der Waals surface area (Å²) in [6.45, 7) is 0.0344. The number of hydrogen-bond donors (Lipinski definition) is 2. The second-order valence-corrected chi connectivity index (χ2v) is 7.83. The van der Waals surface area contributed by atoms with E-state index < -0.39 is 23.4 Å². The topological polar surface area (TPSA) is 98.8 Å². The summed E-state index contributed by atoms with van der Waals surface area (Å²) >= 11 is 0. The number of nitrogens with one attached hydrogen (secondary N) is 2. The van der Waals surface area contributed by atoms with Gasteiger partial charge in [-0.25, -0.2) is 4.79 Å². The predicted molar refractivity (Wildman–Crippen MR) is 107 cm³/mol. The van der Waals surface area contributed by atoms with Gasteiger partial charge < -0.3 is 15.1 Å². The maximum absolute atomic E-state index is 13.3. The molecule has 0 radical (unpaired) electrons. The number of anilines is 1. The fourth-order valence-corrected chi connectivity index (χ4v) is 4.92. The first-order valence-electron chi connectivity index (χ1n) is 9.85. The Hall–Kier alpha value is -3.68. The maximum atomic E-state index is 13.3. The molecule has 2 atom stereocenters. The van der Waals surface area contributed by atoms with Crippen LogP contribution in [-0.4, -0.2) is 53.2 Å². The zero-order valence-electron chi connectivity index (χ0n) is 16.1. The van der Waals surface area contributed by atoms with E-state index in [9.17, 15) is 19.2 Å². The van der Waals surface area contributed by atoms with Crippen LogP contribution in [0.5, 0.6) is 0 Å². The summed E-state index contributed by atoms with van der Waals surface area (Å²) in [5.74, 6) is -0.834. The molecule has 5 amide bonds. The van der Waals surface area contributed by atoms with Crippen LogP contribution in [0.4, 0.5) is 10.5 Å². The maximum Gasteiger partial charge on any atom is 0.325 e. The Bertz CT molecular complexity index is 1070. The zero-order valence-corrected chi connectivity index (χ0v) is 16.1. The lowest BCUT2D eigenvalue weighted by atomic mass is 9.72. The Labute approximate surface area is 172 Å². The van der Waals surface area contributed by atoms with Gasteiger partial charge in [-0.05, 0) is 23.6 Å². The average molecular weight is 404 g/mol. The lowest BCUT2D eigenvalue weighted by molar-refractivity contribution is -0.134. The largest absolute Gasteiger partial charge is 0.333 e. The molecule has 0 bridgehead atoms. The van der Waals surface area contributed by atoms with Crippen molar-refractivity contribution in [3.05, 3.63) is 65.7 Å². The van der Waals surface area contributed by atoms with E-state index in [1.54, 1.807) is 4.90 Å². The SMILES string of the molecule is O=C1CN(CC(=O)N2CCC3(C(=O)Nc4ccccc43)C2c2ccccc2)C(=O)N1. The number of benzene rings is 2. The molecule has 3 aliphatic heterocycles. The molecule has 5 rings (SSSR count). The number of imide groups is 1. The van der Waals surface area contributed by atoms with Gasteiger partial charge in [0.15, 0.2) is 0 Å². The van der Waals surface area contributed by atoms with Gasteiger partial charge in [0.2, 0.25) is 17.7 Å². The van der Waals surface area contributed by atoms with E-state index in [-0.39, 0.29) is 24.9 Å². The Balaban J connectivity index is 1.55. The van der Waals surface area contributed by atoms with Gasteiger partial charge in [-0.15, -0.1) is 0 Å². The molecular formula is C22H20N4O4. The Morgan fingerprint density at radius 1 is 1.00 bits per heavy atom. The standard InChI is InChI=1S/C22H20N4O4/c27-17-12-25(21(30)24-17)13-18(28)26-11-10-22(19(26)14-6-2-1-3-7-14)15-8-4-5-9-16(15)23-20(22)29/h1-9,19H,10-13H2,(H,23,29)(H,24,27,30). The molecule has 8 nitrogen and oxygen atoms in total. The lowest BCUT2D eigenvalue weighted by Gasteiger charge is -2.35. The molecule has 2 aromatic rings. The molecule has 2 saturated heterocycles. The monoisotopic (exact) mass is 404 g/mol. The second kappa shape index (κ2) is 6.69. The van der Waals surface area contributed by atoms with Crippen molar-refractivity contribution in [2.24, 2.45) is 0 Å². The fraction of sp³-hybridized carbons (Fsp3) is 0.273. The van der Waals surface area contributed by atoms with Crippen molar-refractivity contribution in [2.75, 3.05) is 25.0 Å². The van der Waals surface area contributed by atoms with Crippen molar-refractivity contribution in [3.63, 3.8) is 0 Å². The highest BCUT2D eigenvalue weighted by molar-refractivity contribution is 6.08. The molecule has 0 saturated carbocycles. The van der Waals surface area contributed by atoms with Crippen LogP contribution in [0.2, 0.25) is 0 Å². The van der Waals surface area contributed by atoms with Gasteiger partial charge in [0.1, 0.15) is 18.5 Å². The molecule has 0 aromatic heterocycles. The summed E-state index contributed by atoms with van der Waals surface area (Å²) in [5.41, 5.74) is 1.61. The Kier molecular flexibility index (Phi) is 4.09. The van der Waals surface area contributed by atoms with Crippen molar-refractivity contribution >= 4 is 29.4 Å². The predicted octanol–water partition coefficient (Wildman–Crippen LogP) is 1.40. The molecule has 152 valence electrons. The van der Waals surface area contributed by atoms with Gasteiger partial charge in [-0.2, -0.15) is 0 Å². The summed E-state index contributed by atoms with van der Waals surface area (Å²) in [6, 6.07) is 16.0. The number of hydrogen-bond acceptors (Lipinski definition) is 4. The highest BCUT2D eigenvalue weighted by Crippen LogP contribution is 2.54. The van der Waals surface area contributed by atoms with Crippen LogP contribution in [0, 0.1) is 0 Å². The van der Waals surface area contributed by atoms with Crippen LogP contribution in [0.3, 0.4) is 0 Å². The van der Waals surface area contributed by atoms with Crippen LogP contribution < -0.4 is 10.6 Å². The van der Waals surface area contributed by atoms with Gasteiger partial charge >= 0.3 is 6.03 Å². The quantitative estimate of drug-likeness (QED) is 0.756. The molecule has 30 heavy (non-hydrogen) atoms. The first kappa shape index (κ1) is 18.4. The van der Waals surface area contributed by atoms with E-state index in [1.165, 1.54) is 4.90 Å². The number of nitrogens with zero attached hydrogens (tertiary/aromatic N) is 2. The van der Waals surface area contributed by atoms with Crippen LogP contribution in [-0.2, 0) is 19.8 Å². The summed E-state index contributed by atoms with van der Waals surface area (Å²) in [5, 5.41) is 5.17. The highest BCUT2D eigenvalue weighted by atomic mass is 16.2. The van der Waals surface area contributed by atoms with Crippen molar-refractivity contribution in [2.45, 2.75) is 17.9 Å². The van der Waals surface area contributed by atoms with E-state index in [0.717, 1.165) is 16.8 Å². The fourth-order valence-electron chi connectivity index (χ4n) is 4.92. The molecule has 2 N–H and O–H groups in total. The van der Waals surface area contributed by atoms with E-state index in [2.05, 4.69) is 10.6 Å². The normalized spacial score (nSPS) is 24.9. The molecule has 2 aromatic carbocycles. The van der Waals surface area contributed by atoms with Gasteiger partial charge in [0.05, 0.1) is 6.04 Å². The number of likely N-dealkylation sites (tertiary alicyclic amines) is 1. The van der Waals surface area contributed by atoms with Crippen molar-refractivity contribution in [3.8, 4) is 0 Å². The summed E-state index contributed by atoms with van der Waals surface area (Å²) < 4.78 is 0. The van der Waals surface area contributed by atoms with Crippen molar-refractivity contribution in [1.29, 1.82) is 0 Å². The Morgan fingerprint density at radius 3 is 2.47 bits per heavy atom. The zero-order chi connectivity index (χ0) is 20.9. The summed E-state index contributed by atoms with van der Waals surface area (Å²) in [7, 11) is 0. The molecular weight excluding hydrogens is 384 g/mol. The van der Waals surface area contributed by atoms with Crippen molar-refractivity contribution < 1.29 is 19.2 Å². The highest BCUT2D eigenvalue weighted by Gasteiger charge is 2.59. The molecule has 2 fully saturated rings. The summed E-state index contributed by atoms with van der Waals surface area (Å²) in [4.78, 5) is 52.8. The number of amides is 5. The lowest BCUT2D eigenvalue weighted by Crippen LogP contribution is -2.46. The molecule has 0 aliphatic carbocycles. The number of carbonyl (C=O) groups excluding carboxylic acids is 4. The smallest absolute Gasteiger partial charge is 0.325 e. The molecule has 3 heterocycles. The Morgan fingerprint density at radius 2 is 1.73 bits per heavy atom. The number of fused-ring (bicyclic) bond motifs is 2. The van der Waals surface area contributed by atoms with Gasteiger partial charge in [-0.3, -0.25) is 19.7 Å². The number of carbonyl (C=O) groups is 4. The first-order chi connectivity index (χ1) is 14.5. The third-order valence-corrected chi connectivity index (χ3v) is 6.22. The van der Waals surface area contributed by atoms with E-state index in [1.807, 2.05) is 54.6 Å². The van der Waals surface area contributed by atoms with E-state index in [4.69, 9.17) is 0 Å². The minimum Gasteiger partial charge on any atom is -0.333 e. The van der Waals surface area contributed by atoms with Gasteiger partial charge in [0, 0.05) is 12.2 Å². The average Bonchev–Trinajstić information content (AvgIpc) is 3.38. The van der Waals surface area contributed by atoms with Crippen LogP contribution in [0.25, 0.3) is 0 Å². The minimum absolute atomic E-state index is 0.123. The second-order valence-electron chi connectivity index (χ2n) is 7.83. The van der Waals surface area contributed by atoms with E-state index >= 15 is 0 Å². The van der Waals surface area contributed by atoms with Crippen LogP contribution >= 0.6 is 0 Å². The van der Waals surface area contributed by atoms with Crippen LogP contribution in [0.15, 0.2) is 54.6 Å². The number of rotatable bonds is 3. The first-order valence-corrected chi connectivity index (χ1v) is 9.85. The third kappa shape index (κ3) is 2.60. The number of para-hydroxylation sites is 1. The number of urea groups is 1. The molecule has 8 heteroatoms. The third-order valence-electron chi connectivity index (χ3n) is 6.22. The van der Waals surface area contributed by atoms with Gasteiger partial charge in [0.25, 0.3) is 0 Å². The van der Waals surface area contributed by atoms with Crippen LogP contribution in [0.1, 0.15) is 23.6 Å². The van der Waals surface area contributed by atoms with Gasteiger partial charge in [-0.1, -0.05) is 48.5 Å². The molecule has 3 aliphatic rings.